The molecule has 0 saturated heterocycles. The zero-order valence-corrected chi connectivity index (χ0v) is 12.7. The third-order valence-corrected chi connectivity index (χ3v) is 6.90. The number of halogens is 2. The van der Waals surface area contributed by atoms with Gasteiger partial charge in [-0.1, -0.05) is 0 Å². The number of rotatable bonds is 2. The Hall–Kier alpha value is -1.13. The summed E-state index contributed by atoms with van der Waals surface area (Å²) in [7, 11) is 0. The van der Waals surface area contributed by atoms with Crippen LogP contribution >= 0.6 is 0 Å². The van der Waals surface area contributed by atoms with E-state index in [9.17, 15) is 8.78 Å². The highest BCUT2D eigenvalue weighted by Gasteiger charge is 2.55. The molecule has 0 spiro atoms. The Morgan fingerprint density at radius 2 is 1.73 bits per heavy atom. The van der Waals surface area contributed by atoms with Crippen molar-refractivity contribution in [3.05, 3.63) is 12.3 Å². The molecule has 2 heterocycles. The molecular formula is C17H23F2N3. The minimum absolute atomic E-state index is 0.198. The van der Waals surface area contributed by atoms with E-state index in [-0.39, 0.29) is 11.5 Å². The number of aromatic nitrogens is 2. The molecule has 4 saturated carbocycles. The number of hydrogen-bond acceptors (Lipinski definition) is 2. The molecule has 3 nitrogen and oxygen atoms in total. The van der Waals surface area contributed by atoms with Gasteiger partial charge in [0.25, 0.3) is 6.43 Å². The second-order valence-electron chi connectivity index (χ2n) is 8.28. The minimum atomic E-state index is -2.34. The number of anilines is 1. The van der Waals surface area contributed by atoms with Crippen LogP contribution in [0.5, 0.6) is 0 Å². The third-order valence-electron chi connectivity index (χ3n) is 6.90. The normalized spacial score (nSPS) is 45.9. The molecule has 1 aliphatic heterocycles. The van der Waals surface area contributed by atoms with Gasteiger partial charge in [-0.2, -0.15) is 5.10 Å². The first-order valence-corrected chi connectivity index (χ1v) is 8.71. The number of nitrogens with one attached hydrogen (secondary N) is 1. The molecule has 4 fully saturated rings. The molecule has 4 aliphatic carbocycles. The monoisotopic (exact) mass is 307 g/mol. The first-order chi connectivity index (χ1) is 10.6. The van der Waals surface area contributed by atoms with Crippen molar-refractivity contribution in [1.82, 2.24) is 9.78 Å². The number of alkyl halides is 2. The van der Waals surface area contributed by atoms with E-state index >= 15 is 0 Å². The van der Waals surface area contributed by atoms with Gasteiger partial charge in [-0.15, -0.1) is 0 Å². The summed E-state index contributed by atoms with van der Waals surface area (Å²) in [4.78, 5) is 0. The first kappa shape index (κ1) is 13.3. The summed E-state index contributed by atoms with van der Waals surface area (Å²) in [6.07, 6.45) is 7.75. The largest absolute Gasteiger partial charge is 0.367 e. The highest BCUT2D eigenvalue weighted by molar-refractivity contribution is 5.39. The highest BCUT2D eigenvalue weighted by atomic mass is 19.3. The van der Waals surface area contributed by atoms with Crippen LogP contribution in [0, 0.1) is 23.2 Å². The fraction of sp³-hybridized carbons (Fsp3) is 0.824. The van der Waals surface area contributed by atoms with Crippen LogP contribution in [0.3, 0.4) is 0 Å². The Morgan fingerprint density at radius 3 is 2.32 bits per heavy atom. The molecule has 1 aromatic heterocycles. The van der Waals surface area contributed by atoms with Crippen LogP contribution in [-0.2, 0) is 0 Å². The van der Waals surface area contributed by atoms with Crippen LogP contribution in [0.15, 0.2) is 12.3 Å². The predicted octanol–water partition coefficient (Wildman–Crippen LogP) is 4.09. The minimum Gasteiger partial charge on any atom is -0.367 e. The van der Waals surface area contributed by atoms with Gasteiger partial charge in [-0.25, -0.2) is 13.5 Å². The molecule has 22 heavy (non-hydrogen) atoms. The maximum atomic E-state index is 13.5. The van der Waals surface area contributed by atoms with Crippen LogP contribution in [0.4, 0.5) is 14.6 Å². The first-order valence-electron chi connectivity index (χ1n) is 8.71. The van der Waals surface area contributed by atoms with Crippen molar-refractivity contribution >= 4 is 5.82 Å². The Morgan fingerprint density at radius 1 is 1.09 bits per heavy atom. The lowest BCUT2D eigenvalue weighted by atomic mass is 9.47. The van der Waals surface area contributed by atoms with Crippen LogP contribution in [0.2, 0.25) is 0 Å². The van der Waals surface area contributed by atoms with Crippen LogP contribution in [-0.4, -0.2) is 22.2 Å². The van der Waals surface area contributed by atoms with Gasteiger partial charge < -0.3 is 5.32 Å². The van der Waals surface area contributed by atoms with Crippen molar-refractivity contribution in [2.75, 3.05) is 5.32 Å². The van der Waals surface area contributed by atoms with Gasteiger partial charge in [-0.05, 0) is 68.1 Å². The molecule has 1 N–H and O–H groups in total. The fourth-order valence-electron chi connectivity index (χ4n) is 6.49. The van der Waals surface area contributed by atoms with Gasteiger partial charge in [0.15, 0.2) is 0 Å². The summed E-state index contributed by atoms with van der Waals surface area (Å²) in [5.74, 6) is 3.34. The molecule has 0 unspecified atom stereocenters. The zero-order chi connectivity index (χ0) is 14.9. The lowest BCUT2D eigenvalue weighted by Gasteiger charge is -2.60. The van der Waals surface area contributed by atoms with E-state index in [1.165, 1.54) is 43.2 Å². The summed E-state index contributed by atoms with van der Waals surface area (Å²) in [5.41, 5.74) is 0.261. The quantitative estimate of drug-likeness (QED) is 0.892. The molecule has 120 valence electrons. The third kappa shape index (κ3) is 1.80. The van der Waals surface area contributed by atoms with Gasteiger partial charge in [0, 0.05) is 12.1 Å². The number of nitrogens with zero attached hydrogens (tertiary/aromatic N) is 2. The molecule has 2 atom stereocenters. The second kappa shape index (κ2) is 4.45. The van der Waals surface area contributed by atoms with E-state index in [1.807, 2.05) is 6.07 Å². The Kier molecular flexibility index (Phi) is 2.70. The van der Waals surface area contributed by atoms with E-state index in [2.05, 4.69) is 10.4 Å². The van der Waals surface area contributed by atoms with Crippen molar-refractivity contribution in [2.45, 2.75) is 63.5 Å². The average Bonchev–Trinajstić information content (AvgIpc) is 2.92. The summed E-state index contributed by atoms with van der Waals surface area (Å²) < 4.78 is 28.6. The van der Waals surface area contributed by atoms with E-state index in [0.717, 1.165) is 23.6 Å². The Bertz CT molecular complexity index is 547. The van der Waals surface area contributed by atoms with Crippen LogP contribution in [0.1, 0.15) is 51.0 Å². The van der Waals surface area contributed by atoms with E-state index in [1.54, 1.807) is 6.20 Å². The molecule has 5 heteroatoms. The molecule has 4 bridgehead atoms. The van der Waals surface area contributed by atoms with Gasteiger partial charge in [0.2, 0.25) is 0 Å². The van der Waals surface area contributed by atoms with Gasteiger partial charge in [-0.3, -0.25) is 0 Å². The number of fused-ring (bicyclic) bond motifs is 1. The fourth-order valence-corrected chi connectivity index (χ4v) is 6.49. The topological polar surface area (TPSA) is 29.9 Å². The molecular weight excluding hydrogens is 284 g/mol. The van der Waals surface area contributed by atoms with Crippen molar-refractivity contribution in [2.24, 2.45) is 23.2 Å². The molecule has 0 radical (unpaired) electrons. The van der Waals surface area contributed by atoms with E-state index in [4.69, 9.17) is 0 Å². The van der Waals surface area contributed by atoms with Crippen molar-refractivity contribution in [1.29, 1.82) is 0 Å². The predicted molar refractivity (Wildman–Crippen MR) is 79.9 cm³/mol. The van der Waals surface area contributed by atoms with Gasteiger partial charge in [0.1, 0.15) is 11.9 Å². The molecule has 5 aliphatic rings. The summed E-state index contributed by atoms with van der Waals surface area (Å²) in [6, 6.07) is 1.29. The van der Waals surface area contributed by atoms with Gasteiger partial charge in [0.05, 0.1) is 6.20 Å². The lowest BCUT2D eigenvalue weighted by molar-refractivity contribution is -0.0723. The maximum Gasteiger partial charge on any atom is 0.260 e. The summed E-state index contributed by atoms with van der Waals surface area (Å²) in [5, 5.41) is 7.70. The van der Waals surface area contributed by atoms with E-state index in [0.29, 0.717) is 6.42 Å². The lowest BCUT2D eigenvalue weighted by Crippen LogP contribution is -2.56. The van der Waals surface area contributed by atoms with Gasteiger partial charge >= 0.3 is 0 Å². The molecule has 0 amide bonds. The SMILES string of the molecule is FC(F)[C@H]1C[C@@H](C23CC4CC(CC(C4)C2)C3)Nc2ccnn21. The smallest absolute Gasteiger partial charge is 0.260 e. The molecule has 0 aromatic carbocycles. The number of hydrogen-bond donors (Lipinski definition) is 1. The van der Waals surface area contributed by atoms with E-state index < -0.39 is 12.5 Å². The summed E-state index contributed by atoms with van der Waals surface area (Å²) in [6.45, 7) is 0. The zero-order valence-electron chi connectivity index (χ0n) is 12.7. The highest BCUT2D eigenvalue weighted by Crippen LogP contribution is 2.62. The standard InChI is InChI=1S/C17H23F2N3/c18-16(19)13-6-14(21-15-1-2-20-22(13)15)17-7-10-3-11(8-17)5-12(4-10)9-17/h1-2,10-14,16,21H,3-9H2/t10?,11?,12?,13-,14+,17?/m1/s1. The van der Waals surface area contributed by atoms with Crippen molar-refractivity contribution < 1.29 is 8.78 Å². The van der Waals surface area contributed by atoms with Crippen LogP contribution < -0.4 is 5.32 Å². The maximum absolute atomic E-state index is 13.5. The molecule has 1 aromatic rings. The Labute approximate surface area is 129 Å². The second-order valence-corrected chi connectivity index (χ2v) is 8.28. The van der Waals surface area contributed by atoms with Crippen molar-refractivity contribution in [3.8, 4) is 0 Å². The van der Waals surface area contributed by atoms with Crippen LogP contribution in [0.25, 0.3) is 0 Å². The Balaban J connectivity index is 1.49. The average molecular weight is 307 g/mol. The molecule has 6 rings (SSSR count). The van der Waals surface area contributed by atoms with Crippen molar-refractivity contribution in [3.63, 3.8) is 0 Å². The summed E-state index contributed by atoms with van der Waals surface area (Å²) >= 11 is 0.